The summed E-state index contributed by atoms with van der Waals surface area (Å²) in [5.74, 6) is 1.11. The van der Waals surface area contributed by atoms with Crippen LogP contribution < -0.4 is 10.3 Å². The molecule has 0 fully saturated rings. The number of hydrogen-bond donors (Lipinski definition) is 1. The number of ether oxygens (including phenoxy) is 2. The Kier molecular flexibility index (Phi) is 4.84. The average molecular weight is 372 g/mol. The molecule has 0 unspecified atom stereocenters. The number of fused-ring (bicyclic) bond motifs is 1. The molecule has 0 atom stereocenters. The molecule has 0 radical (unpaired) electrons. The molecule has 0 saturated carbocycles. The predicted molar refractivity (Wildman–Crippen MR) is 104 cm³/mol. The fraction of sp³-hybridized carbons (Fsp3) is 0.0455. The molecule has 1 aromatic heterocycles. The first kappa shape index (κ1) is 17.5. The Morgan fingerprint density at radius 3 is 2.32 bits per heavy atom. The van der Waals surface area contributed by atoms with Crippen molar-refractivity contribution in [1.29, 1.82) is 0 Å². The van der Waals surface area contributed by atoms with Gasteiger partial charge in [0, 0.05) is 0 Å². The van der Waals surface area contributed by atoms with Crippen molar-refractivity contribution in [3.8, 4) is 11.5 Å². The third-order valence-corrected chi connectivity index (χ3v) is 4.07. The maximum absolute atomic E-state index is 12.3. The van der Waals surface area contributed by atoms with Gasteiger partial charge in [-0.2, -0.15) is 0 Å². The van der Waals surface area contributed by atoms with E-state index in [1.165, 1.54) is 0 Å². The number of esters is 1. The lowest BCUT2D eigenvalue weighted by atomic mass is 10.2. The first-order valence-corrected chi connectivity index (χ1v) is 8.67. The Morgan fingerprint density at radius 1 is 0.857 bits per heavy atom. The van der Waals surface area contributed by atoms with Crippen LogP contribution in [0.5, 0.6) is 11.5 Å². The lowest BCUT2D eigenvalue weighted by Crippen LogP contribution is -2.14. The number of H-pyrrole nitrogens is 1. The minimum absolute atomic E-state index is 0.124. The Balaban J connectivity index is 1.42. The monoisotopic (exact) mass is 372 g/mol. The average Bonchev–Trinajstić information content (AvgIpc) is 2.73. The molecular weight excluding hydrogens is 356 g/mol. The van der Waals surface area contributed by atoms with E-state index in [4.69, 9.17) is 9.47 Å². The van der Waals surface area contributed by atoms with Crippen LogP contribution in [0.15, 0.2) is 83.7 Å². The van der Waals surface area contributed by atoms with Gasteiger partial charge in [-0.05, 0) is 48.5 Å². The molecule has 6 heteroatoms. The fourth-order valence-electron chi connectivity index (χ4n) is 2.70. The lowest BCUT2D eigenvalue weighted by molar-refractivity contribution is 0.0462. The van der Waals surface area contributed by atoms with Crippen molar-refractivity contribution in [2.75, 3.05) is 0 Å². The van der Waals surface area contributed by atoms with Crippen LogP contribution in [0.2, 0.25) is 0 Å². The minimum atomic E-state index is -0.512. The number of nitrogens with one attached hydrogen (secondary N) is 1. The van der Waals surface area contributed by atoms with Crippen molar-refractivity contribution >= 4 is 16.9 Å². The third-order valence-electron chi connectivity index (χ3n) is 4.07. The number of nitrogens with zero attached hydrogens (tertiary/aromatic N) is 1. The van der Waals surface area contributed by atoms with E-state index in [2.05, 4.69) is 9.97 Å². The zero-order valence-corrected chi connectivity index (χ0v) is 14.8. The van der Waals surface area contributed by atoms with Gasteiger partial charge in [-0.1, -0.05) is 30.3 Å². The summed E-state index contributed by atoms with van der Waals surface area (Å²) in [6.07, 6.45) is 0. The van der Waals surface area contributed by atoms with Crippen LogP contribution in [0.1, 0.15) is 16.2 Å². The van der Waals surface area contributed by atoms with E-state index in [1.54, 1.807) is 48.5 Å². The van der Waals surface area contributed by atoms with E-state index >= 15 is 0 Å². The number of aromatic nitrogens is 2. The summed E-state index contributed by atoms with van der Waals surface area (Å²) in [4.78, 5) is 31.2. The van der Waals surface area contributed by atoms with E-state index in [0.717, 1.165) is 0 Å². The van der Waals surface area contributed by atoms with Crippen LogP contribution in [0.4, 0.5) is 0 Å². The van der Waals surface area contributed by atoms with Gasteiger partial charge >= 0.3 is 5.97 Å². The fourth-order valence-corrected chi connectivity index (χ4v) is 2.70. The highest BCUT2D eigenvalue weighted by Gasteiger charge is 2.10. The first-order chi connectivity index (χ1) is 13.7. The summed E-state index contributed by atoms with van der Waals surface area (Å²) >= 11 is 0. The van der Waals surface area contributed by atoms with Crippen LogP contribution in [0, 0.1) is 0 Å². The molecule has 0 amide bonds. The molecule has 1 heterocycles. The predicted octanol–water partition coefficient (Wildman–Crippen LogP) is 4.07. The molecule has 1 N–H and O–H groups in total. The van der Waals surface area contributed by atoms with Gasteiger partial charge in [-0.15, -0.1) is 0 Å². The summed E-state index contributed by atoms with van der Waals surface area (Å²) in [6, 6.07) is 23.0. The number of hydrogen-bond acceptors (Lipinski definition) is 5. The Hall–Kier alpha value is -3.93. The smallest absolute Gasteiger partial charge is 0.338 e. The number of benzene rings is 3. The normalized spacial score (nSPS) is 10.6. The van der Waals surface area contributed by atoms with Crippen LogP contribution in [0.3, 0.4) is 0 Å². The van der Waals surface area contributed by atoms with Gasteiger partial charge in [-0.25, -0.2) is 9.78 Å². The topological polar surface area (TPSA) is 81.3 Å². The van der Waals surface area contributed by atoms with E-state index < -0.39 is 5.97 Å². The molecule has 0 saturated heterocycles. The highest BCUT2D eigenvalue weighted by Crippen LogP contribution is 2.21. The second-order valence-electron chi connectivity index (χ2n) is 6.05. The molecule has 4 aromatic rings. The lowest BCUT2D eigenvalue weighted by Gasteiger charge is -2.07. The second kappa shape index (κ2) is 7.75. The van der Waals surface area contributed by atoms with Crippen molar-refractivity contribution < 1.29 is 14.3 Å². The maximum Gasteiger partial charge on any atom is 0.338 e. The quantitative estimate of drug-likeness (QED) is 0.534. The third kappa shape index (κ3) is 3.91. The van der Waals surface area contributed by atoms with Crippen LogP contribution in [-0.4, -0.2) is 15.9 Å². The zero-order valence-electron chi connectivity index (χ0n) is 14.8. The van der Waals surface area contributed by atoms with Crippen molar-refractivity contribution in [2.24, 2.45) is 0 Å². The summed E-state index contributed by atoms with van der Waals surface area (Å²) in [5, 5.41) is 0.492. The van der Waals surface area contributed by atoms with Gasteiger partial charge in [0.05, 0.1) is 16.5 Å². The molecule has 138 valence electrons. The second-order valence-corrected chi connectivity index (χ2v) is 6.05. The van der Waals surface area contributed by atoms with Gasteiger partial charge in [0.25, 0.3) is 5.56 Å². The van der Waals surface area contributed by atoms with Gasteiger partial charge in [0.15, 0.2) is 0 Å². The van der Waals surface area contributed by atoms with Gasteiger partial charge in [-0.3, -0.25) is 4.79 Å². The summed E-state index contributed by atoms with van der Waals surface area (Å²) in [5.41, 5.74) is 0.669. The van der Waals surface area contributed by atoms with Crippen molar-refractivity contribution in [1.82, 2.24) is 9.97 Å². The molecule has 0 bridgehead atoms. The van der Waals surface area contributed by atoms with Crippen molar-refractivity contribution in [2.45, 2.75) is 6.61 Å². The minimum Gasteiger partial charge on any atom is -0.457 e. The maximum atomic E-state index is 12.3. The van der Waals surface area contributed by atoms with Crippen LogP contribution in [-0.2, 0) is 11.3 Å². The SMILES string of the molecule is O=C(OCc1nc2ccccc2c(=O)[nH]1)c1ccc(Oc2ccccc2)cc1. The highest BCUT2D eigenvalue weighted by atomic mass is 16.5. The molecule has 6 nitrogen and oxygen atoms in total. The first-order valence-electron chi connectivity index (χ1n) is 8.67. The number of aromatic amines is 1. The number of carbonyl (C=O) groups excluding carboxylic acids is 1. The molecule has 3 aromatic carbocycles. The van der Waals surface area contributed by atoms with E-state index in [-0.39, 0.29) is 12.2 Å². The summed E-state index contributed by atoms with van der Waals surface area (Å²) < 4.78 is 11.0. The largest absolute Gasteiger partial charge is 0.457 e. The number of rotatable bonds is 5. The van der Waals surface area contributed by atoms with Gasteiger partial charge in [0.1, 0.15) is 23.9 Å². The summed E-state index contributed by atoms with van der Waals surface area (Å²) in [7, 11) is 0. The molecule has 0 spiro atoms. The van der Waals surface area contributed by atoms with E-state index in [1.807, 2.05) is 30.3 Å². The van der Waals surface area contributed by atoms with Crippen molar-refractivity contribution in [3.05, 3.63) is 101 Å². The Morgan fingerprint density at radius 2 is 1.54 bits per heavy atom. The van der Waals surface area contributed by atoms with Crippen molar-refractivity contribution in [3.63, 3.8) is 0 Å². The molecule has 0 aliphatic heterocycles. The van der Waals surface area contributed by atoms with Gasteiger partial charge in [0.2, 0.25) is 0 Å². The zero-order chi connectivity index (χ0) is 19.3. The standard InChI is InChI=1S/C22H16N2O4/c25-21-18-8-4-5-9-19(18)23-20(24-21)14-27-22(26)15-10-12-17(13-11-15)28-16-6-2-1-3-7-16/h1-13H,14H2,(H,23,24,25). The Bertz CT molecular complexity index is 1170. The molecular formula is C22H16N2O4. The van der Waals surface area contributed by atoms with Gasteiger partial charge < -0.3 is 14.5 Å². The molecule has 28 heavy (non-hydrogen) atoms. The number of para-hydroxylation sites is 2. The summed E-state index contributed by atoms with van der Waals surface area (Å²) in [6.45, 7) is -0.124. The molecule has 0 aliphatic rings. The Labute approximate surface area is 160 Å². The molecule has 4 rings (SSSR count). The molecule has 0 aliphatic carbocycles. The van der Waals surface area contributed by atoms with Crippen LogP contribution in [0.25, 0.3) is 10.9 Å². The van der Waals surface area contributed by atoms with E-state index in [9.17, 15) is 9.59 Å². The number of carbonyl (C=O) groups is 1. The van der Waals surface area contributed by atoms with Crippen LogP contribution >= 0.6 is 0 Å². The van der Waals surface area contributed by atoms with E-state index in [0.29, 0.717) is 33.8 Å². The highest BCUT2D eigenvalue weighted by molar-refractivity contribution is 5.89.